The van der Waals surface area contributed by atoms with Gasteiger partial charge in [-0.05, 0) is 111 Å². The number of rotatable bonds is 16. The summed E-state index contributed by atoms with van der Waals surface area (Å²) in [6.07, 6.45) is 3.89. The van der Waals surface area contributed by atoms with Gasteiger partial charge in [-0.3, -0.25) is 4.90 Å². The van der Waals surface area contributed by atoms with Crippen molar-refractivity contribution < 1.29 is 23.8 Å². The van der Waals surface area contributed by atoms with E-state index in [1.54, 1.807) is 0 Å². The fraction of sp³-hybridized carbons (Fsp3) is 0.714. The van der Waals surface area contributed by atoms with Crippen molar-refractivity contribution in [1.29, 1.82) is 0 Å². The second kappa shape index (κ2) is 17.1. The first-order valence-corrected chi connectivity index (χ1v) is 13.5. The van der Waals surface area contributed by atoms with Gasteiger partial charge >= 0.3 is 12.2 Å². The molecule has 9 nitrogen and oxygen atoms in total. The van der Waals surface area contributed by atoms with Gasteiger partial charge < -0.3 is 30.6 Å². The van der Waals surface area contributed by atoms with E-state index in [9.17, 15) is 9.59 Å². The van der Waals surface area contributed by atoms with E-state index >= 15 is 0 Å². The number of carbonyl (C=O) groups is 2. The van der Waals surface area contributed by atoms with E-state index in [4.69, 9.17) is 19.9 Å². The van der Waals surface area contributed by atoms with Crippen LogP contribution in [-0.4, -0.2) is 74.2 Å². The highest BCUT2D eigenvalue weighted by Gasteiger charge is 2.17. The summed E-state index contributed by atoms with van der Waals surface area (Å²) in [5, 5.41) is 5.61. The standard InChI is InChI=1S/C28H50N4O5/c1-27(2,3)36-25(33)30-17-9-19-32(20-10-18-31-26(34)37-28(4,5)6)21-22-35-24-14-12-23(13-15-24)11-7-8-16-29/h12-15H,7-11,16-22,29H2,1-6H3,(H,30,33)(H,31,34). The second-order valence-corrected chi connectivity index (χ2v) is 11.1. The molecule has 0 aromatic heterocycles. The summed E-state index contributed by atoms with van der Waals surface area (Å²) in [5.41, 5.74) is 5.83. The maximum absolute atomic E-state index is 11.9. The van der Waals surface area contributed by atoms with Crippen molar-refractivity contribution in [2.75, 3.05) is 45.9 Å². The molecule has 0 spiro atoms. The van der Waals surface area contributed by atoms with Crippen molar-refractivity contribution in [2.45, 2.75) is 84.8 Å². The van der Waals surface area contributed by atoms with Gasteiger partial charge in [0.25, 0.3) is 0 Å². The molecule has 0 atom stereocenters. The van der Waals surface area contributed by atoms with Gasteiger partial charge in [0, 0.05) is 19.6 Å². The Morgan fingerprint density at radius 1 is 0.784 bits per heavy atom. The third-order valence-electron chi connectivity index (χ3n) is 5.16. The van der Waals surface area contributed by atoms with Crippen LogP contribution in [0, 0.1) is 0 Å². The van der Waals surface area contributed by atoms with E-state index in [1.165, 1.54) is 5.56 Å². The smallest absolute Gasteiger partial charge is 0.407 e. The molecule has 4 N–H and O–H groups in total. The van der Waals surface area contributed by atoms with Gasteiger partial charge in [-0.15, -0.1) is 0 Å². The van der Waals surface area contributed by atoms with Crippen LogP contribution in [0.4, 0.5) is 9.59 Å². The van der Waals surface area contributed by atoms with E-state index in [2.05, 4.69) is 27.7 Å². The number of carbonyl (C=O) groups excluding carboxylic acids is 2. The molecule has 2 amide bonds. The average molecular weight is 523 g/mol. The Kier molecular flexibility index (Phi) is 15.0. The van der Waals surface area contributed by atoms with Crippen molar-refractivity contribution in [3.8, 4) is 5.75 Å². The summed E-state index contributed by atoms with van der Waals surface area (Å²) >= 11 is 0. The maximum atomic E-state index is 11.9. The van der Waals surface area contributed by atoms with Gasteiger partial charge in [0.15, 0.2) is 0 Å². The van der Waals surface area contributed by atoms with Crippen LogP contribution in [0.2, 0.25) is 0 Å². The zero-order chi connectivity index (χ0) is 27.7. The number of benzene rings is 1. The summed E-state index contributed by atoms with van der Waals surface area (Å²) in [4.78, 5) is 26.0. The van der Waals surface area contributed by atoms with Gasteiger partial charge in [0.1, 0.15) is 23.6 Å². The van der Waals surface area contributed by atoms with Gasteiger partial charge in [0.2, 0.25) is 0 Å². The first-order valence-electron chi connectivity index (χ1n) is 13.5. The van der Waals surface area contributed by atoms with Crippen LogP contribution in [-0.2, 0) is 15.9 Å². The van der Waals surface area contributed by atoms with Crippen LogP contribution in [0.3, 0.4) is 0 Å². The normalized spacial score (nSPS) is 11.8. The Bertz CT molecular complexity index is 736. The average Bonchev–Trinajstić information content (AvgIpc) is 2.78. The molecule has 0 saturated carbocycles. The predicted octanol–water partition coefficient (Wildman–Crippen LogP) is 4.48. The van der Waals surface area contributed by atoms with Crippen molar-refractivity contribution in [3.05, 3.63) is 29.8 Å². The molecular weight excluding hydrogens is 472 g/mol. The Morgan fingerprint density at radius 2 is 1.30 bits per heavy atom. The highest BCUT2D eigenvalue weighted by atomic mass is 16.6. The Morgan fingerprint density at radius 3 is 1.76 bits per heavy atom. The zero-order valence-electron chi connectivity index (χ0n) is 23.9. The van der Waals surface area contributed by atoms with Gasteiger partial charge in [0.05, 0.1) is 0 Å². The number of nitrogens with two attached hydrogens (primary N) is 1. The number of ether oxygens (including phenoxy) is 3. The monoisotopic (exact) mass is 522 g/mol. The number of hydrogen-bond donors (Lipinski definition) is 3. The molecule has 37 heavy (non-hydrogen) atoms. The number of unbranched alkanes of at least 4 members (excludes halogenated alkanes) is 1. The third-order valence-corrected chi connectivity index (χ3v) is 5.16. The summed E-state index contributed by atoms with van der Waals surface area (Å²) in [6, 6.07) is 8.23. The van der Waals surface area contributed by atoms with E-state index in [1.807, 2.05) is 53.7 Å². The Labute approximate surface area is 223 Å². The van der Waals surface area contributed by atoms with E-state index in [-0.39, 0.29) is 0 Å². The van der Waals surface area contributed by atoms with Crippen molar-refractivity contribution in [3.63, 3.8) is 0 Å². The number of aryl methyl sites for hydroxylation is 1. The molecule has 1 aromatic rings. The van der Waals surface area contributed by atoms with Crippen molar-refractivity contribution in [2.24, 2.45) is 5.73 Å². The summed E-state index contributed by atoms with van der Waals surface area (Å²) in [6.45, 7) is 15.7. The lowest BCUT2D eigenvalue weighted by Crippen LogP contribution is -2.37. The second-order valence-electron chi connectivity index (χ2n) is 11.1. The summed E-state index contributed by atoms with van der Waals surface area (Å²) < 4.78 is 16.6. The minimum atomic E-state index is -0.517. The van der Waals surface area contributed by atoms with Crippen LogP contribution in [0.1, 0.15) is 72.8 Å². The van der Waals surface area contributed by atoms with Crippen molar-refractivity contribution >= 4 is 12.2 Å². The Hall–Kier alpha value is -2.52. The first-order chi connectivity index (χ1) is 17.4. The van der Waals surface area contributed by atoms with Gasteiger partial charge in [-0.25, -0.2) is 9.59 Å². The predicted molar refractivity (Wildman–Crippen MR) is 148 cm³/mol. The quantitative estimate of drug-likeness (QED) is 0.274. The van der Waals surface area contributed by atoms with E-state index < -0.39 is 23.4 Å². The highest BCUT2D eigenvalue weighted by Crippen LogP contribution is 2.14. The Balaban J connectivity index is 2.47. The largest absolute Gasteiger partial charge is 0.492 e. The molecule has 9 heteroatoms. The first kappa shape index (κ1) is 32.5. The number of hydrogen-bond acceptors (Lipinski definition) is 7. The molecule has 0 aliphatic rings. The lowest BCUT2D eigenvalue weighted by molar-refractivity contribution is 0.0516. The lowest BCUT2D eigenvalue weighted by atomic mass is 10.1. The highest BCUT2D eigenvalue weighted by molar-refractivity contribution is 5.67. The van der Waals surface area contributed by atoms with Crippen LogP contribution < -0.4 is 21.1 Å². The zero-order valence-corrected chi connectivity index (χ0v) is 23.9. The summed E-state index contributed by atoms with van der Waals surface area (Å²) in [7, 11) is 0. The third kappa shape index (κ3) is 18.4. The number of alkyl carbamates (subject to hydrolysis) is 2. The molecular formula is C28H50N4O5. The SMILES string of the molecule is CC(C)(C)OC(=O)NCCCN(CCCNC(=O)OC(C)(C)C)CCOc1ccc(CCCCN)cc1. The molecule has 1 aromatic carbocycles. The molecule has 0 aliphatic heterocycles. The van der Waals surface area contributed by atoms with E-state index in [0.717, 1.165) is 64.0 Å². The van der Waals surface area contributed by atoms with E-state index in [0.29, 0.717) is 19.7 Å². The van der Waals surface area contributed by atoms with Gasteiger partial charge in [-0.2, -0.15) is 0 Å². The van der Waals surface area contributed by atoms with Crippen molar-refractivity contribution in [1.82, 2.24) is 15.5 Å². The number of nitrogens with zero attached hydrogens (tertiary/aromatic N) is 1. The van der Waals surface area contributed by atoms with Crippen LogP contribution in [0.15, 0.2) is 24.3 Å². The fourth-order valence-electron chi connectivity index (χ4n) is 3.47. The molecule has 0 radical (unpaired) electrons. The van der Waals surface area contributed by atoms with Gasteiger partial charge in [-0.1, -0.05) is 12.1 Å². The fourth-order valence-corrected chi connectivity index (χ4v) is 3.47. The molecule has 0 saturated heterocycles. The lowest BCUT2D eigenvalue weighted by Gasteiger charge is -2.24. The molecule has 0 unspecified atom stereocenters. The topological polar surface area (TPSA) is 115 Å². The molecule has 1 rings (SSSR count). The van der Waals surface area contributed by atoms with Crippen LogP contribution in [0.25, 0.3) is 0 Å². The summed E-state index contributed by atoms with van der Waals surface area (Å²) in [5.74, 6) is 0.848. The molecule has 0 heterocycles. The van der Waals surface area contributed by atoms with Crippen LogP contribution in [0.5, 0.6) is 5.75 Å². The number of amides is 2. The van der Waals surface area contributed by atoms with Crippen LogP contribution >= 0.6 is 0 Å². The molecule has 0 bridgehead atoms. The molecule has 212 valence electrons. The maximum Gasteiger partial charge on any atom is 0.407 e. The number of nitrogens with one attached hydrogen (secondary N) is 2. The minimum absolute atomic E-state index is 0.407. The molecule has 0 aliphatic carbocycles. The minimum Gasteiger partial charge on any atom is -0.492 e. The molecule has 0 fully saturated rings.